The van der Waals surface area contributed by atoms with E-state index in [1.165, 1.54) is 5.56 Å². The first-order chi connectivity index (χ1) is 9.89. The number of nitrogens with zero attached hydrogens (tertiary/aromatic N) is 1. The van der Waals surface area contributed by atoms with Crippen LogP contribution in [0, 0.1) is 6.92 Å². The number of benzene rings is 1. The van der Waals surface area contributed by atoms with Crippen molar-refractivity contribution >= 4 is 5.91 Å². The van der Waals surface area contributed by atoms with Crippen LogP contribution in [0.4, 0.5) is 0 Å². The molecule has 0 aromatic heterocycles. The molecule has 5 nitrogen and oxygen atoms in total. The van der Waals surface area contributed by atoms with Gasteiger partial charge in [0.1, 0.15) is 18.5 Å². The van der Waals surface area contributed by atoms with Crippen LogP contribution in [0.2, 0.25) is 0 Å². The lowest BCUT2D eigenvalue weighted by molar-refractivity contribution is -0.136. The van der Waals surface area contributed by atoms with E-state index in [1.807, 2.05) is 49.9 Å². The number of aryl methyl sites for hydroxylation is 1. The molecule has 21 heavy (non-hydrogen) atoms. The van der Waals surface area contributed by atoms with Crippen LogP contribution in [-0.2, 0) is 4.79 Å². The molecule has 0 bridgehead atoms. The molecule has 1 unspecified atom stereocenters. The number of carbonyl (C=O) groups excluding carboxylic acids is 1. The standard InChI is InChI=1S/C16H24N2O3/c1-12-4-6-14(7-5-12)21-11-13(19)10-18-9-8-17-15(20)16(18,2)3/h4-7,13,19H,8-11H2,1-3H3,(H,17,20). The first kappa shape index (κ1) is 15.8. The molecule has 1 atom stereocenters. The number of aliphatic hydroxyl groups is 1. The summed E-state index contributed by atoms with van der Waals surface area (Å²) in [6.45, 7) is 7.75. The van der Waals surface area contributed by atoms with E-state index in [-0.39, 0.29) is 12.5 Å². The Hall–Kier alpha value is -1.59. The number of ether oxygens (including phenoxy) is 1. The molecule has 5 heteroatoms. The normalized spacial score (nSPS) is 19.9. The lowest BCUT2D eigenvalue weighted by Crippen LogP contribution is -2.63. The second-order valence-corrected chi connectivity index (χ2v) is 6.04. The fourth-order valence-corrected chi connectivity index (χ4v) is 2.40. The highest BCUT2D eigenvalue weighted by Crippen LogP contribution is 2.18. The predicted molar refractivity (Wildman–Crippen MR) is 81.3 cm³/mol. The fourth-order valence-electron chi connectivity index (χ4n) is 2.40. The van der Waals surface area contributed by atoms with Gasteiger partial charge in [-0.25, -0.2) is 0 Å². The van der Waals surface area contributed by atoms with E-state index >= 15 is 0 Å². The second kappa shape index (κ2) is 6.45. The molecule has 1 amide bonds. The molecule has 1 aromatic carbocycles. The molecule has 1 fully saturated rings. The Bertz CT molecular complexity index is 485. The van der Waals surface area contributed by atoms with Crippen molar-refractivity contribution in [2.24, 2.45) is 0 Å². The maximum atomic E-state index is 11.9. The van der Waals surface area contributed by atoms with Gasteiger partial charge in [0.15, 0.2) is 0 Å². The molecular formula is C16H24N2O3. The summed E-state index contributed by atoms with van der Waals surface area (Å²) in [5.41, 5.74) is 0.576. The largest absolute Gasteiger partial charge is 0.491 e. The molecule has 1 aliphatic rings. The van der Waals surface area contributed by atoms with Crippen molar-refractivity contribution in [1.29, 1.82) is 0 Å². The van der Waals surface area contributed by atoms with Crippen LogP contribution in [0.5, 0.6) is 5.75 Å². The van der Waals surface area contributed by atoms with Gasteiger partial charge in [0.25, 0.3) is 0 Å². The van der Waals surface area contributed by atoms with Crippen LogP contribution in [0.3, 0.4) is 0 Å². The Morgan fingerprint density at radius 3 is 2.71 bits per heavy atom. The Labute approximate surface area is 125 Å². The molecule has 1 aromatic rings. The highest BCUT2D eigenvalue weighted by Gasteiger charge is 2.38. The van der Waals surface area contributed by atoms with Gasteiger partial charge in [-0.15, -0.1) is 0 Å². The van der Waals surface area contributed by atoms with Gasteiger partial charge in [-0.1, -0.05) is 17.7 Å². The van der Waals surface area contributed by atoms with Crippen molar-refractivity contribution in [1.82, 2.24) is 10.2 Å². The molecule has 116 valence electrons. The highest BCUT2D eigenvalue weighted by atomic mass is 16.5. The van der Waals surface area contributed by atoms with E-state index in [1.54, 1.807) is 0 Å². The van der Waals surface area contributed by atoms with Gasteiger partial charge in [0.05, 0.1) is 5.54 Å². The summed E-state index contributed by atoms with van der Waals surface area (Å²) in [7, 11) is 0. The number of nitrogens with one attached hydrogen (secondary N) is 1. The Morgan fingerprint density at radius 2 is 2.05 bits per heavy atom. The van der Waals surface area contributed by atoms with E-state index in [9.17, 15) is 9.90 Å². The minimum absolute atomic E-state index is 0.000373. The van der Waals surface area contributed by atoms with Crippen molar-refractivity contribution in [2.75, 3.05) is 26.2 Å². The first-order valence-corrected chi connectivity index (χ1v) is 7.30. The van der Waals surface area contributed by atoms with Crippen molar-refractivity contribution in [3.05, 3.63) is 29.8 Å². The highest BCUT2D eigenvalue weighted by molar-refractivity contribution is 5.86. The van der Waals surface area contributed by atoms with Crippen LogP contribution in [0.1, 0.15) is 19.4 Å². The number of β-amino-alcohol motifs (C(OH)–C–C–N with tert-alkyl or cyclic N) is 1. The van der Waals surface area contributed by atoms with E-state index in [0.717, 1.165) is 12.3 Å². The van der Waals surface area contributed by atoms with Crippen molar-refractivity contribution < 1.29 is 14.6 Å². The first-order valence-electron chi connectivity index (χ1n) is 7.30. The molecule has 0 spiro atoms. The molecule has 2 rings (SSSR count). The molecule has 1 heterocycles. The minimum atomic E-state index is -0.628. The lowest BCUT2D eigenvalue weighted by atomic mass is 9.98. The molecule has 0 aliphatic carbocycles. The average molecular weight is 292 g/mol. The lowest BCUT2D eigenvalue weighted by Gasteiger charge is -2.41. The number of hydrogen-bond acceptors (Lipinski definition) is 4. The maximum Gasteiger partial charge on any atom is 0.240 e. The van der Waals surface area contributed by atoms with Crippen LogP contribution in [0.25, 0.3) is 0 Å². The van der Waals surface area contributed by atoms with Crippen LogP contribution >= 0.6 is 0 Å². The number of rotatable bonds is 5. The fraction of sp³-hybridized carbons (Fsp3) is 0.562. The van der Waals surface area contributed by atoms with Gasteiger partial charge >= 0.3 is 0 Å². The summed E-state index contributed by atoms with van der Waals surface area (Å²) < 4.78 is 5.58. The summed E-state index contributed by atoms with van der Waals surface area (Å²) in [6, 6.07) is 7.72. The van der Waals surface area contributed by atoms with Gasteiger partial charge in [-0.05, 0) is 32.9 Å². The number of aliphatic hydroxyl groups excluding tert-OH is 1. The number of hydrogen-bond donors (Lipinski definition) is 2. The molecule has 1 saturated heterocycles. The molecular weight excluding hydrogens is 268 g/mol. The summed E-state index contributed by atoms with van der Waals surface area (Å²) >= 11 is 0. The van der Waals surface area contributed by atoms with Crippen LogP contribution in [-0.4, -0.2) is 53.8 Å². The molecule has 0 radical (unpaired) electrons. The smallest absolute Gasteiger partial charge is 0.240 e. The van der Waals surface area contributed by atoms with E-state index in [0.29, 0.717) is 13.1 Å². The third-order valence-electron chi connectivity index (χ3n) is 3.91. The van der Waals surface area contributed by atoms with Gasteiger partial charge in [0, 0.05) is 19.6 Å². The Morgan fingerprint density at radius 1 is 1.38 bits per heavy atom. The maximum absolute atomic E-state index is 11.9. The second-order valence-electron chi connectivity index (χ2n) is 6.04. The van der Waals surface area contributed by atoms with Gasteiger partial charge in [0.2, 0.25) is 5.91 Å². The molecule has 2 N–H and O–H groups in total. The summed E-state index contributed by atoms with van der Waals surface area (Å²) in [4.78, 5) is 13.8. The molecule has 1 aliphatic heterocycles. The topological polar surface area (TPSA) is 61.8 Å². The van der Waals surface area contributed by atoms with Crippen LogP contribution < -0.4 is 10.1 Å². The number of piperazine rings is 1. The van der Waals surface area contributed by atoms with Gasteiger partial charge in [-0.3, -0.25) is 9.69 Å². The van der Waals surface area contributed by atoms with Gasteiger partial charge in [-0.2, -0.15) is 0 Å². The summed E-state index contributed by atoms with van der Waals surface area (Å²) in [5.74, 6) is 0.746. The SMILES string of the molecule is Cc1ccc(OCC(O)CN2CCNC(=O)C2(C)C)cc1. The Balaban J connectivity index is 1.85. The van der Waals surface area contributed by atoms with E-state index in [4.69, 9.17) is 4.74 Å². The summed E-state index contributed by atoms with van der Waals surface area (Å²) in [6.07, 6.45) is -0.628. The number of amides is 1. The van der Waals surface area contributed by atoms with Crippen molar-refractivity contribution in [3.8, 4) is 5.75 Å². The van der Waals surface area contributed by atoms with Crippen LogP contribution in [0.15, 0.2) is 24.3 Å². The van der Waals surface area contributed by atoms with Gasteiger partial charge < -0.3 is 15.2 Å². The minimum Gasteiger partial charge on any atom is -0.491 e. The van der Waals surface area contributed by atoms with Crippen molar-refractivity contribution in [2.45, 2.75) is 32.4 Å². The Kier molecular flexibility index (Phi) is 4.85. The van der Waals surface area contributed by atoms with Crippen molar-refractivity contribution in [3.63, 3.8) is 0 Å². The quantitative estimate of drug-likeness (QED) is 0.848. The average Bonchev–Trinajstić information content (AvgIpc) is 2.44. The van der Waals surface area contributed by atoms with E-state index < -0.39 is 11.6 Å². The third-order valence-corrected chi connectivity index (χ3v) is 3.91. The zero-order valence-electron chi connectivity index (χ0n) is 12.9. The third kappa shape index (κ3) is 3.95. The predicted octanol–water partition coefficient (Wildman–Crippen LogP) is 0.945. The van der Waals surface area contributed by atoms with E-state index in [2.05, 4.69) is 5.32 Å². The zero-order valence-corrected chi connectivity index (χ0v) is 12.9. The summed E-state index contributed by atoms with van der Waals surface area (Å²) in [5, 5.41) is 13.0. The number of carbonyl (C=O) groups is 1. The zero-order chi connectivity index (χ0) is 15.5. The monoisotopic (exact) mass is 292 g/mol. The molecule has 0 saturated carbocycles.